The molecule has 1 rings (SSSR count). The van der Waals surface area contributed by atoms with Gasteiger partial charge in [-0.2, -0.15) is 5.10 Å². The molecule has 0 unspecified atom stereocenters. The van der Waals surface area contributed by atoms with Gasteiger partial charge >= 0.3 is 0 Å². The normalized spacial score (nSPS) is 12.1. The number of hydrogen-bond acceptors (Lipinski definition) is 3. The van der Waals surface area contributed by atoms with E-state index in [1.54, 1.807) is 11.0 Å². The third-order valence-electron chi connectivity index (χ3n) is 1.93. The van der Waals surface area contributed by atoms with Crippen LogP contribution in [0.4, 0.5) is 0 Å². The van der Waals surface area contributed by atoms with E-state index in [9.17, 15) is 0 Å². The first kappa shape index (κ1) is 12.5. The van der Waals surface area contributed by atoms with Gasteiger partial charge in [-0.3, -0.25) is 9.67 Å². The summed E-state index contributed by atoms with van der Waals surface area (Å²) in [6, 6.07) is 0. The van der Waals surface area contributed by atoms with Crippen LogP contribution in [0.5, 0.6) is 0 Å². The molecule has 1 aromatic rings. The largest absolute Gasteiger partial charge is 0.370 e. The van der Waals surface area contributed by atoms with Crippen LogP contribution in [-0.4, -0.2) is 33.8 Å². The molecule has 0 radical (unpaired) electrons. The fourth-order valence-corrected chi connectivity index (χ4v) is 1.14. The Hall–Kier alpha value is -1.59. The fourth-order valence-electron chi connectivity index (χ4n) is 1.14. The molecule has 1 aromatic heterocycles. The summed E-state index contributed by atoms with van der Waals surface area (Å²) in [6.07, 6.45) is 2.43. The summed E-state index contributed by atoms with van der Waals surface area (Å²) in [5, 5.41) is 7.20. The molecule has 0 atom stereocenters. The molecule has 6 nitrogen and oxygen atoms in total. The minimum absolute atomic E-state index is 0.490. The Morgan fingerprint density at radius 1 is 1.62 bits per heavy atom. The molecule has 16 heavy (non-hydrogen) atoms. The predicted molar refractivity (Wildman–Crippen MR) is 64.0 cm³/mol. The van der Waals surface area contributed by atoms with E-state index < -0.39 is 0 Å². The maximum Gasteiger partial charge on any atom is 0.188 e. The lowest BCUT2D eigenvalue weighted by molar-refractivity contribution is 0.660. The van der Waals surface area contributed by atoms with Crippen LogP contribution in [0.2, 0.25) is 0 Å². The smallest absolute Gasteiger partial charge is 0.188 e. The first-order valence-electron chi connectivity index (χ1n) is 5.46. The van der Waals surface area contributed by atoms with E-state index in [0.717, 1.165) is 18.8 Å². The Morgan fingerprint density at radius 2 is 2.38 bits per heavy atom. The topological polar surface area (TPSA) is 81.1 Å². The molecule has 0 aromatic carbocycles. The molecule has 0 spiro atoms. The first-order chi connectivity index (χ1) is 7.58. The number of rotatable bonds is 5. The number of nitrogens with zero attached hydrogens (tertiary/aromatic N) is 4. The average Bonchev–Trinajstić information content (AvgIpc) is 2.61. The van der Waals surface area contributed by atoms with Crippen molar-refractivity contribution >= 4 is 5.96 Å². The second-order valence-corrected chi connectivity index (χ2v) is 4.13. The van der Waals surface area contributed by atoms with Crippen molar-refractivity contribution in [2.45, 2.75) is 20.3 Å². The monoisotopic (exact) mass is 224 g/mol. The van der Waals surface area contributed by atoms with Gasteiger partial charge in [0.15, 0.2) is 11.8 Å². The van der Waals surface area contributed by atoms with Crippen LogP contribution < -0.4 is 11.1 Å². The Labute approximate surface area is 96.0 Å². The zero-order valence-electron chi connectivity index (χ0n) is 10.1. The molecule has 90 valence electrons. The van der Waals surface area contributed by atoms with Gasteiger partial charge in [0, 0.05) is 26.6 Å². The van der Waals surface area contributed by atoms with E-state index in [4.69, 9.17) is 5.73 Å². The first-order valence-corrected chi connectivity index (χ1v) is 5.46. The SMILES string of the molecule is CC(C)CN=C(N)NCCc1ncn(C)n1. The summed E-state index contributed by atoms with van der Waals surface area (Å²) in [6.45, 7) is 5.67. The number of nitrogens with one attached hydrogen (secondary N) is 1. The van der Waals surface area contributed by atoms with Crippen LogP contribution >= 0.6 is 0 Å². The number of guanidine groups is 1. The summed E-state index contributed by atoms with van der Waals surface area (Å²) in [5.41, 5.74) is 5.68. The molecular weight excluding hydrogens is 204 g/mol. The Balaban J connectivity index is 2.22. The van der Waals surface area contributed by atoms with Crippen molar-refractivity contribution in [3.8, 4) is 0 Å². The van der Waals surface area contributed by atoms with E-state index in [2.05, 4.69) is 34.2 Å². The molecule has 0 fully saturated rings. The molecule has 1 heterocycles. The molecule has 6 heteroatoms. The highest BCUT2D eigenvalue weighted by atomic mass is 15.3. The zero-order chi connectivity index (χ0) is 12.0. The maximum absolute atomic E-state index is 5.68. The second kappa shape index (κ2) is 6.09. The van der Waals surface area contributed by atoms with Gasteiger partial charge in [-0.05, 0) is 5.92 Å². The van der Waals surface area contributed by atoms with Gasteiger partial charge in [-0.1, -0.05) is 13.8 Å². The van der Waals surface area contributed by atoms with E-state index in [0.29, 0.717) is 18.4 Å². The zero-order valence-corrected chi connectivity index (χ0v) is 10.1. The molecular formula is C10H20N6. The molecule has 0 saturated heterocycles. The average molecular weight is 224 g/mol. The molecule has 0 aliphatic heterocycles. The van der Waals surface area contributed by atoms with Crippen molar-refractivity contribution < 1.29 is 0 Å². The Bertz CT molecular complexity index is 341. The summed E-state index contributed by atoms with van der Waals surface area (Å²) < 4.78 is 1.69. The minimum atomic E-state index is 0.490. The van der Waals surface area contributed by atoms with Crippen LogP contribution in [0.25, 0.3) is 0 Å². The van der Waals surface area contributed by atoms with Gasteiger partial charge < -0.3 is 11.1 Å². The highest BCUT2D eigenvalue weighted by Gasteiger charge is 1.99. The lowest BCUT2D eigenvalue weighted by atomic mass is 10.2. The van der Waals surface area contributed by atoms with Gasteiger partial charge in [-0.15, -0.1) is 0 Å². The Morgan fingerprint density at radius 3 is 2.94 bits per heavy atom. The summed E-state index contributed by atoms with van der Waals surface area (Å²) in [7, 11) is 1.85. The number of aliphatic imine (C=N–C) groups is 1. The Kier molecular flexibility index (Phi) is 4.75. The van der Waals surface area contributed by atoms with Crippen molar-refractivity contribution in [1.29, 1.82) is 0 Å². The third-order valence-corrected chi connectivity index (χ3v) is 1.93. The van der Waals surface area contributed by atoms with Gasteiger partial charge in [0.2, 0.25) is 0 Å². The number of nitrogens with two attached hydrogens (primary N) is 1. The van der Waals surface area contributed by atoms with Crippen molar-refractivity contribution in [3.63, 3.8) is 0 Å². The van der Waals surface area contributed by atoms with Crippen LogP contribution in [0.15, 0.2) is 11.3 Å². The molecule has 0 saturated carbocycles. The lowest BCUT2D eigenvalue weighted by Crippen LogP contribution is -2.33. The molecule has 3 N–H and O–H groups in total. The van der Waals surface area contributed by atoms with Crippen molar-refractivity contribution in [2.24, 2.45) is 23.7 Å². The summed E-state index contributed by atoms with van der Waals surface area (Å²) in [5.74, 6) is 1.83. The maximum atomic E-state index is 5.68. The van der Waals surface area contributed by atoms with E-state index in [1.807, 2.05) is 7.05 Å². The molecule has 0 amide bonds. The van der Waals surface area contributed by atoms with Gasteiger partial charge in [0.1, 0.15) is 6.33 Å². The quantitative estimate of drug-likeness (QED) is 0.541. The lowest BCUT2D eigenvalue weighted by Gasteiger charge is -2.05. The van der Waals surface area contributed by atoms with E-state index in [1.165, 1.54) is 0 Å². The predicted octanol–water partition coefficient (Wildman–Crippen LogP) is -0.0821. The third kappa shape index (κ3) is 4.77. The standard InChI is InChI=1S/C10H20N6/c1-8(2)6-13-10(11)12-5-4-9-14-7-16(3)15-9/h7-8H,4-6H2,1-3H3,(H3,11,12,13). The number of aromatic nitrogens is 3. The number of hydrogen-bond donors (Lipinski definition) is 2. The minimum Gasteiger partial charge on any atom is -0.370 e. The van der Waals surface area contributed by atoms with Gasteiger partial charge in [0.25, 0.3) is 0 Å². The van der Waals surface area contributed by atoms with Crippen LogP contribution in [0, 0.1) is 5.92 Å². The van der Waals surface area contributed by atoms with Crippen LogP contribution in [-0.2, 0) is 13.5 Å². The van der Waals surface area contributed by atoms with Gasteiger partial charge in [-0.25, -0.2) is 4.98 Å². The van der Waals surface area contributed by atoms with E-state index >= 15 is 0 Å². The second-order valence-electron chi connectivity index (χ2n) is 4.13. The van der Waals surface area contributed by atoms with Gasteiger partial charge in [0.05, 0.1) is 0 Å². The summed E-state index contributed by atoms with van der Waals surface area (Å²) in [4.78, 5) is 8.32. The van der Waals surface area contributed by atoms with Crippen molar-refractivity contribution in [1.82, 2.24) is 20.1 Å². The number of aryl methyl sites for hydroxylation is 1. The highest BCUT2D eigenvalue weighted by molar-refractivity contribution is 5.77. The van der Waals surface area contributed by atoms with E-state index in [-0.39, 0.29) is 0 Å². The molecule has 0 aliphatic carbocycles. The highest BCUT2D eigenvalue weighted by Crippen LogP contribution is 1.91. The molecule has 0 aliphatic rings. The fraction of sp³-hybridized carbons (Fsp3) is 0.700. The summed E-state index contributed by atoms with van der Waals surface area (Å²) >= 11 is 0. The molecule has 0 bridgehead atoms. The van der Waals surface area contributed by atoms with Crippen LogP contribution in [0.1, 0.15) is 19.7 Å². The van der Waals surface area contributed by atoms with Crippen LogP contribution in [0.3, 0.4) is 0 Å². The van der Waals surface area contributed by atoms with Crippen molar-refractivity contribution in [3.05, 3.63) is 12.2 Å². The van der Waals surface area contributed by atoms with Crippen molar-refractivity contribution in [2.75, 3.05) is 13.1 Å².